The van der Waals surface area contributed by atoms with Crippen molar-refractivity contribution in [3.05, 3.63) is 18.2 Å². The van der Waals surface area contributed by atoms with Crippen LogP contribution < -0.4 is 15.8 Å². The summed E-state index contributed by atoms with van der Waals surface area (Å²) in [6.07, 6.45) is 0.166. The number of nitrogen functional groups attached to an aromatic ring is 1. The van der Waals surface area contributed by atoms with Gasteiger partial charge in [0.15, 0.2) is 0 Å². The molecule has 0 radical (unpaired) electrons. The van der Waals surface area contributed by atoms with Gasteiger partial charge in [0.2, 0.25) is 0 Å². The summed E-state index contributed by atoms with van der Waals surface area (Å²) in [5.41, 5.74) is 7.57. The van der Waals surface area contributed by atoms with Crippen molar-refractivity contribution in [3.8, 4) is 5.75 Å². The van der Waals surface area contributed by atoms with E-state index < -0.39 is 0 Å². The summed E-state index contributed by atoms with van der Waals surface area (Å²) in [4.78, 5) is 0. The molecule has 0 unspecified atom stereocenters. The molecule has 3 nitrogen and oxygen atoms in total. The third-order valence-electron chi connectivity index (χ3n) is 2.02. The predicted octanol–water partition coefficient (Wildman–Crippen LogP) is 3.12. The zero-order valence-electron chi connectivity index (χ0n) is 10.6. The van der Waals surface area contributed by atoms with Gasteiger partial charge in [0, 0.05) is 30.1 Å². The van der Waals surface area contributed by atoms with Crippen LogP contribution in [0, 0.1) is 5.92 Å². The van der Waals surface area contributed by atoms with E-state index in [0.29, 0.717) is 5.92 Å². The number of rotatable bonds is 5. The molecule has 0 aliphatic carbocycles. The quantitative estimate of drug-likeness (QED) is 0.752. The Bertz CT molecular complexity index is 335. The van der Waals surface area contributed by atoms with E-state index in [0.717, 1.165) is 23.7 Å². The molecular weight excluding hydrogens is 200 g/mol. The molecule has 0 spiro atoms. The number of benzene rings is 1. The summed E-state index contributed by atoms with van der Waals surface area (Å²) >= 11 is 0. The Morgan fingerprint density at radius 1 is 1.19 bits per heavy atom. The lowest BCUT2D eigenvalue weighted by Crippen LogP contribution is -2.09. The van der Waals surface area contributed by atoms with E-state index in [9.17, 15) is 0 Å². The van der Waals surface area contributed by atoms with Crippen molar-refractivity contribution in [2.75, 3.05) is 17.6 Å². The molecule has 3 heteroatoms. The van der Waals surface area contributed by atoms with Crippen LogP contribution in [0.1, 0.15) is 27.7 Å². The molecule has 0 bridgehead atoms. The molecule has 16 heavy (non-hydrogen) atoms. The van der Waals surface area contributed by atoms with Crippen LogP contribution in [0.15, 0.2) is 18.2 Å². The third-order valence-corrected chi connectivity index (χ3v) is 2.02. The maximum atomic E-state index is 5.82. The largest absolute Gasteiger partial charge is 0.491 e. The van der Waals surface area contributed by atoms with Crippen molar-refractivity contribution in [1.29, 1.82) is 0 Å². The molecule has 0 aromatic heterocycles. The second-order valence-corrected chi connectivity index (χ2v) is 4.73. The normalized spacial score (nSPS) is 10.9. The lowest BCUT2D eigenvalue weighted by molar-refractivity contribution is 0.242. The van der Waals surface area contributed by atoms with Crippen molar-refractivity contribution in [2.45, 2.75) is 33.8 Å². The van der Waals surface area contributed by atoms with Crippen LogP contribution in [0.25, 0.3) is 0 Å². The smallest absolute Gasteiger partial charge is 0.123 e. The zero-order valence-corrected chi connectivity index (χ0v) is 10.6. The molecule has 0 aliphatic heterocycles. The van der Waals surface area contributed by atoms with Gasteiger partial charge in [0.1, 0.15) is 5.75 Å². The molecule has 0 aliphatic rings. The Hall–Kier alpha value is -1.38. The molecule has 0 amide bonds. The summed E-state index contributed by atoms with van der Waals surface area (Å²) < 4.78 is 5.62. The minimum atomic E-state index is 0.166. The monoisotopic (exact) mass is 222 g/mol. The first-order chi connectivity index (χ1) is 7.47. The van der Waals surface area contributed by atoms with Gasteiger partial charge in [-0.3, -0.25) is 0 Å². The van der Waals surface area contributed by atoms with E-state index in [2.05, 4.69) is 19.2 Å². The van der Waals surface area contributed by atoms with Crippen molar-refractivity contribution in [1.82, 2.24) is 0 Å². The number of anilines is 2. The molecule has 0 fully saturated rings. The first-order valence-electron chi connectivity index (χ1n) is 5.78. The number of hydrogen-bond acceptors (Lipinski definition) is 3. The van der Waals surface area contributed by atoms with Crippen LogP contribution in [0.3, 0.4) is 0 Å². The van der Waals surface area contributed by atoms with Crippen LogP contribution in [-0.2, 0) is 0 Å². The summed E-state index contributed by atoms with van der Waals surface area (Å²) in [6, 6.07) is 5.76. The van der Waals surface area contributed by atoms with Gasteiger partial charge in [-0.1, -0.05) is 13.8 Å². The maximum absolute atomic E-state index is 5.82. The second kappa shape index (κ2) is 5.64. The van der Waals surface area contributed by atoms with E-state index in [-0.39, 0.29) is 6.10 Å². The van der Waals surface area contributed by atoms with Crippen molar-refractivity contribution in [3.63, 3.8) is 0 Å². The van der Waals surface area contributed by atoms with E-state index >= 15 is 0 Å². The minimum Gasteiger partial charge on any atom is -0.491 e. The lowest BCUT2D eigenvalue weighted by atomic mass is 10.2. The highest BCUT2D eigenvalue weighted by atomic mass is 16.5. The summed E-state index contributed by atoms with van der Waals surface area (Å²) in [6.45, 7) is 9.29. The first kappa shape index (κ1) is 12.7. The van der Waals surface area contributed by atoms with Gasteiger partial charge in [-0.2, -0.15) is 0 Å². The van der Waals surface area contributed by atoms with Crippen LogP contribution in [-0.4, -0.2) is 12.6 Å². The fourth-order valence-corrected chi connectivity index (χ4v) is 1.39. The fraction of sp³-hybridized carbons (Fsp3) is 0.538. The van der Waals surface area contributed by atoms with E-state index in [1.54, 1.807) is 0 Å². The molecule has 3 N–H and O–H groups in total. The molecule has 1 aromatic rings. The number of nitrogens with two attached hydrogens (primary N) is 1. The minimum absolute atomic E-state index is 0.166. The predicted molar refractivity (Wildman–Crippen MR) is 69.9 cm³/mol. The van der Waals surface area contributed by atoms with Gasteiger partial charge in [0.05, 0.1) is 6.10 Å². The Labute approximate surface area is 98.0 Å². The van der Waals surface area contributed by atoms with Crippen LogP contribution in [0.4, 0.5) is 11.4 Å². The Morgan fingerprint density at radius 2 is 1.88 bits per heavy atom. The molecule has 0 saturated heterocycles. The summed E-state index contributed by atoms with van der Waals surface area (Å²) in [7, 11) is 0. The molecular formula is C13H22N2O. The Morgan fingerprint density at radius 3 is 2.44 bits per heavy atom. The number of hydrogen-bond donors (Lipinski definition) is 2. The van der Waals surface area contributed by atoms with Gasteiger partial charge < -0.3 is 15.8 Å². The molecule has 0 saturated carbocycles. The Balaban J connectivity index is 2.73. The topological polar surface area (TPSA) is 47.3 Å². The average Bonchev–Trinajstić information content (AvgIpc) is 2.12. The average molecular weight is 222 g/mol. The van der Waals surface area contributed by atoms with Gasteiger partial charge in [-0.05, 0) is 25.8 Å². The van der Waals surface area contributed by atoms with Gasteiger partial charge in [-0.15, -0.1) is 0 Å². The molecule has 90 valence electrons. The van der Waals surface area contributed by atoms with E-state index in [1.165, 1.54) is 0 Å². The van der Waals surface area contributed by atoms with Crippen LogP contribution in [0.2, 0.25) is 0 Å². The highest BCUT2D eigenvalue weighted by Crippen LogP contribution is 2.23. The van der Waals surface area contributed by atoms with E-state index in [1.807, 2.05) is 32.0 Å². The van der Waals surface area contributed by atoms with Gasteiger partial charge >= 0.3 is 0 Å². The van der Waals surface area contributed by atoms with Crippen LogP contribution in [0.5, 0.6) is 5.75 Å². The second-order valence-electron chi connectivity index (χ2n) is 4.73. The van der Waals surface area contributed by atoms with E-state index in [4.69, 9.17) is 10.5 Å². The SMILES string of the molecule is CC(C)CNc1cc(N)cc(OC(C)C)c1. The van der Waals surface area contributed by atoms with Crippen LogP contribution >= 0.6 is 0 Å². The third kappa shape index (κ3) is 4.43. The lowest BCUT2D eigenvalue weighted by Gasteiger charge is -2.14. The van der Waals surface area contributed by atoms with Crippen molar-refractivity contribution >= 4 is 11.4 Å². The number of nitrogens with one attached hydrogen (secondary N) is 1. The summed E-state index contributed by atoms with van der Waals surface area (Å²) in [5, 5.41) is 3.34. The first-order valence-corrected chi connectivity index (χ1v) is 5.78. The zero-order chi connectivity index (χ0) is 12.1. The number of ether oxygens (including phenoxy) is 1. The van der Waals surface area contributed by atoms with Gasteiger partial charge in [-0.25, -0.2) is 0 Å². The molecule has 1 aromatic carbocycles. The highest BCUT2D eigenvalue weighted by Gasteiger charge is 2.02. The maximum Gasteiger partial charge on any atom is 0.123 e. The molecule has 0 atom stereocenters. The standard InChI is InChI=1S/C13H22N2O/c1-9(2)8-15-12-5-11(14)6-13(7-12)16-10(3)4/h5-7,9-10,15H,8,14H2,1-4H3. The van der Waals surface area contributed by atoms with Crippen molar-refractivity contribution < 1.29 is 4.74 Å². The van der Waals surface area contributed by atoms with Crippen molar-refractivity contribution in [2.24, 2.45) is 5.92 Å². The highest BCUT2D eigenvalue weighted by molar-refractivity contribution is 5.59. The van der Waals surface area contributed by atoms with Gasteiger partial charge in [0.25, 0.3) is 0 Å². The fourth-order valence-electron chi connectivity index (χ4n) is 1.39. The Kier molecular flexibility index (Phi) is 4.47. The molecule has 0 heterocycles. The summed E-state index contributed by atoms with van der Waals surface area (Å²) in [5.74, 6) is 1.43. The molecule has 1 rings (SSSR count).